The monoisotopic (exact) mass is 352 g/mol. The molecule has 1 aromatic carbocycles. The van der Waals surface area contributed by atoms with Gasteiger partial charge in [-0.25, -0.2) is 0 Å². The molecule has 0 radical (unpaired) electrons. The standard InChI is InChI=1S/C16H20N4OS.ClH/c1-17-15(11-9-18-20(2)10-11)16(21)19-13-7-8-22-14-6-4-3-5-12(13)14;/h3-6,9-10,13,15,17H,7-8H2,1-2H3,(H,19,21);1H. The molecule has 0 fully saturated rings. The minimum Gasteiger partial charge on any atom is -0.348 e. The number of aryl methyl sites for hydroxylation is 1. The van der Waals surface area contributed by atoms with Crippen LogP contribution in [-0.2, 0) is 11.8 Å². The van der Waals surface area contributed by atoms with Gasteiger partial charge in [0, 0.05) is 29.5 Å². The number of carbonyl (C=O) groups excluding carboxylic acids is 1. The second-order valence-corrected chi connectivity index (χ2v) is 6.54. The van der Waals surface area contributed by atoms with Crippen molar-refractivity contribution in [2.45, 2.75) is 23.4 Å². The molecule has 124 valence electrons. The summed E-state index contributed by atoms with van der Waals surface area (Å²) in [5.74, 6) is 1.02. The largest absolute Gasteiger partial charge is 0.348 e. The summed E-state index contributed by atoms with van der Waals surface area (Å²) in [6.07, 6.45) is 4.55. The van der Waals surface area contributed by atoms with Crippen LogP contribution in [-0.4, -0.2) is 28.5 Å². The highest BCUT2D eigenvalue weighted by molar-refractivity contribution is 7.99. The number of benzene rings is 1. The first-order valence-corrected chi connectivity index (χ1v) is 8.35. The molecule has 1 aliphatic heterocycles. The first-order chi connectivity index (χ1) is 10.7. The third-order valence-electron chi connectivity index (χ3n) is 3.88. The predicted molar refractivity (Wildman–Crippen MR) is 94.9 cm³/mol. The molecule has 23 heavy (non-hydrogen) atoms. The Morgan fingerprint density at radius 2 is 2.22 bits per heavy atom. The first kappa shape index (κ1) is 17.8. The summed E-state index contributed by atoms with van der Waals surface area (Å²) in [4.78, 5) is 13.9. The molecule has 2 N–H and O–H groups in total. The molecule has 2 heterocycles. The molecule has 1 aliphatic rings. The maximum atomic E-state index is 12.6. The summed E-state index contributed by atoms with van der Waals surface area (Å²) >= 11 is 1.85. The number of nitrogens with zero attached hydrogens (tertiary/aromatic N) is 2. The van der Waals surface area contributed by atoms with Gasteiger partial charge in [-0.2, -0.15) is 5.10 Å². The van der Waals surface area contributed by atoms with E-state index in [2.05, 4.69) is 27.9 Å². The van der Waals surface area contributed by atoms with Gasteiger partial charge < -0.3 is 10.6 Å². The van der Waals surface area contributed by atoms with Crippen LogP contribution in [0.2, 0.25) is 0 Å². The van der Waals surface area contributed by atoms with Crippen LogP contribution in [0.3, 0.4) is 0 Å². The van der Waals surface area contributed by atoms with Crippen molar-refractivity contribution in [3.8, 4) is 0 Å². The van der Waals surface area contributed by atoms with Crippen molar-refractivity contribution in [2.75, 3.05) is 12.8 Å². The summed E-state index contributed by atoms with van der Waals surface area (Å²) in [7, 11) is 3.64. The van der Waals surface area contributed by atoms with E-state index in [0.717, 1.165) is 17.7 Å². The lowest BCUT2D eigenvalue weighted by Gasteiger charge is -2.27. The highest BCUT2D eigenvalue weighted by Crippen LogP contribution is 2.36. The number of fused-ring (bicyclic) bond motifs is 1. The first-order valence-electron chi connectivity index (χ1n) is 7.37. The number of thioether (sulfide) groups is 1. The molecule has 0 saturated carbocycles. The average molecular weight is 353 g/mol. The molecule has 2 atom stereocenters. The predicted octanol–water partition coefficient (Wildman–Crippen LogP) is 2.46. The Morgan fingerprint density at radius 3 is 2.91 bits per heavy atom. The summed E-state index contributed by atoms with van der Waals surface area (Å²) in [5, 5.41) is 10.4. The van der Waals surface area contributed by atoms with Gasteiger partial charge in [-0.05, 0) is 25.1 Å². The smallest absolute Gasteiger partial charge is 0.242 e. The van der Waals surface area contributed by atoms with E-state index in [1.807, 2.05) is 37.1 Å². The SMILES string of the molecule is CNC(C(=O)NC1CCSc2ccccc21)c1cnn(C)c1.Cl. The minimum absolute atomic E-state index is 0. The number of nitrogens with one attached hydrogen (secondary N) is 2. The second-order valence-electron chi connectivity index (χ2n) is 5.41. The van der Waals surface area contributed by atoms with E-state index < -0.39 is 0 Å². The van der Waals surface area contributed by atoms with Crippen molar-refractivity contribution in [2.24, 2.45) is 7.05 Å². The Labute approximate surface area is 146 Å². The molecule has 0 aliphatic carbocycles. The van der Waals surface area contributed by atoms with Crippen LogP contribution in [0.4, 0.5) is 0 Å². The number of hydrogen-bond acceptors (Lipinski definition) is 4. The Balaban J connectivity index is 0.00000192. The molecule has 5 nitrogen and oxygen atoms in total. The quantitative estimate of drug-likeness (QED) is 0.887. The molecule has 2 unspecified atom stereocenters. The molecular formula is C16H21ClN4OS. The number of halogens is 1. The maximum absolute atomic E-state index is 12.6. The Bertz CT molecular complexity index is 676. The molecule has 2 aromatic rings. The van der Waals surface area contributed by atoms with Gasteiger partial charge >= 0.3 is 0 Å². The molecule has 3 rings (SSSR count). The third kappa shape index (κ3) is 3.88. The zero-order valence-electron chi connectivity index (χ0n) is 13.2. The highest BCUT2D eigenvalue weighted by Gasteiger charge is 2.26. The van der Waals surface area contributed by atoms with E-state index in [4.69, 9.17) is 0 Å². The second kappa shape index (κ2) is 7.86. The van der Waals surface area contributed by atoms with Crippen molar-refractivity contribution in [3.63, 3.8) is 0 Å². The van der Waals surface area contributed by atoms with Gasteiger partial charge in [-0.15, -0.1) is 24.2 Å². The summed E-state index contributed by atoms with van der Waals surface area (Å²) < 4.78 is 1.71. The Morgan fingerprint density at radius 1 is 1.43 bits per heavy atom. The zero-order valence-corrected chi connectivity index (χ0v) is 14.8. The fraction of sp³-hybridized carbons (Fsp3) is 0.375. The maximum Gasteiger partial charge on any atom is 0.242 e. The van der Waals surface area contributed by atoms with Gasteiger partial charge in [0.15, 0.2) is 0 Å². The number of likely N-dealkylation sites (N-methyl/N-ethyl adjacent to an activating group) is 1. The van der Waals surface area contributed by atoms with Gasteiger partial charge in [0.2, 0.25) is 5.91 Å². The molecule has 7 heteroatoms. The highest BCUT2D eigenvalue weighted by atomic mass is 35.5. The lowest BCUT2D eigenvalue weighted by molar-refractivity contribution is -0.124. The summed E-state index contributed by atoms with van der Waals surface area (Å²) in [5.41, 5.74) is 2.09. The fourth-order valence-electron chi connectivity index (χ4n) is 2.79. The van der Waals surface area contributed by atoms with Gasteiger partial charge in [-0.1, -0.05) is 18.2 Å². The number of amides is 1. The molecule has 1 aromatic heterocycles. The molecule has 0 bridgehead atoms. The van der Waals surface area contributed by atoms with Crippen LogP contribution in [0.1, 0.15) is 29.6 Å². The van der Waals surface area contributed by atoms with Crippen LogP contribution < -0.4 is 10.6 Å². The minimum atomic E-state index is -0.379. The number of hydrogen-bond donors (Lipinski definition) is 2. The third-order valence-corrected chi connectivity index (χ3v) is 5.01. The Kier molecular flexibility index (Phi) is 6.10. The fourth-order valence-corrected chi connectivity index (χ4v) is 3.91. The summed E-state index contributed by atoms with van der Waals surface area (Å²) in [6.45, 7) is 0. The van der Waals surface area contributed by atoms with Crippen molar-refractivity contribution < 1.29 is 4.79 Å². The Hall–Kier alpha value is -1.50. The van der Waals surface area contributed by atoms with E-state index >= 15 is 0 Å². The van der Waals surface area contributed by atoms with E-state index in [-0.39, 0.29) is 30.4 Å². The van der Waals surface area contributed by atoms with Crippen LogP contribution in [0, 0.1) is 0 Å². The van der Waals surface area contributed by atoms with Crippen molar-refractivity contribution in [1.29, 1.82) is 0 Å². The van der Waals surface area contributed by atoms with Gasteiger partial charge in [0.25, 0.3) is 0 Å². The number of carbonyl (C=O) groups is 1. The van der Waals surface area contributed by atoms with Gasteiger partial charge in [0.05, 0.1) is 12.2 Å². The molecule has 0 saturated heterocycles. The number of rotatable bonds is 4. The van der Waals surface area contributed by atoms with E-state index in [1.165, 1.54) is 10.5 Å². The topological polar surface area (TPSA) is 59.0 Å². The van der Waals surface area contributed by atoms with E-state index in [9.17, 15) is 4.79 Å². The van der Waals surface area contributed by atoms with Crippen molar-refractivity contribution in [3.05, 3.63) is 47.8 Å². The number of aromatic nitrogens is 2. The van der Waals surface area contributed by atoms with Gasteiger partial charge in [0.1, 0.15) is 6.04 Å². The van der Waals surface area contributed by atoms with Crippen LogP contribution in [0.15, 0.2) is 41.6 Å². The molecule has 1 amide bonds. The zero-order chi connectivity index (χ0) is 15.5. The van der Waals surface area contributed by atoms with E-state index in [0.29, 0.717) is 0 Å². The van der Waals surface area contributed by atoms with Gasteiger partial charge in [-0.3, -0.25) is 9.48 Å². The molecular weight excluding hydrogens is 332 g/mol. The van der Waals surface area contributed by atoms with Crippen LogP contribution in [0.25, 0.3) is 0 Å². The normalized spacial score (nSPS) is 17.7. The molecule has 0 spiro atoms. The van der Waals surface area contributed by atoms with Crippen molar-refractivity contribution in [1.82, 2.24) is 20.4 Å². The average Bonchev–Trinajstić information content (AvgIpc) is 2.94. The van der Waals surface area contributed by atoms with E-state index in [1.54, 1.807) is 17.9 Å². The van der Waals surface area contributed by atoms with Crippen molar-refractivity contribution >= 4 is 30.1 Å². The lowest BCUT2D eigenvalue weighted by Crippen LogP contribution is -2.39. The lowest BCUT2D eigenvalue weighted by atomic mass is 10.0. The van der Waals surface area contributed by atoms with Crippen LogP contribution >= 0.6 is 24.2 Å². The summed E-state index contributed by atoms with van der Waals surface area (Å²) in [6, 6.07) is 8.00. The van der Waals surface area contributed by atoms with Crippen LogP contribution in [0.5, 0.6) is 0 Å².